The van der Waals surface area contributed by atoms with E-state index in [-0.39, 0.29) is 47.7 Å². The van der Waals surface area contributed by atoms with E-state index in [2.05, 4.69) is 44.7 Å². The summed E-state index contributed by atoms with van der Waals surface area (Å²) in [6.45, 7) is 10.2. The highest BCUT2D eigenvalue weighted by Crippen LogP contribution is 2.47. The Hall–Kier alpha value is -4.72. The number of piperidine rings is 1. The van der Waals surface area contributed by atoms with Gasteiger partial charge in [-0.25, -0.2) is 4.79 Å². The lowest BCUT2D eigenvalue weighted by Gasteiger charge is -2.40. The van der Waals surface area contributed by atoms with Crippen molar-refractivity contribution in [1.29, 1.82) is 0 Å². The van der Waals surface area contributed by atoms with Crippen LogP contribution in [0, 0.1) is 5.92 Å². The first-order valence-electron chi connectivity index (χ1n) is 24.1. The maximum atomic E-state index is 13.9. The lowest BCUT2D eigenvalue weighted by atomic mass is 9.77. The second-order valence-electron chi connectivity index (χ2n) is 18.4. The van der Waals surface area contributed by atoms with Gasteiger partial charge in [0.2, 0.25) is 5.91 Å². The molecule has 20 heteroatoms. The van der Waals surface area contributed by atoms with E-state index in [1.54, 1.807) is 36.4 Å². The number of carbonyl (C=O) groups is 4. The fraction of sp³-hybridized carbons (Fsp3) is 0.309. The molecule has 0 bridgehead atoms. The number of nitrogens with zero attached hydrogens (tertiary/aromatic N) is 2. The molecule has 3 atom stereocenters. The van der Waals surface area contributed by atoms with E-state index >= 15 is 0 Å². The predicted octanol–water partition coefficient (Wildman–Crippen LogP) is 12.9. The average Bonchev–Trinajstić information content (AvgIpc) is 4.19. The van der Waals surface area contributed by atoms with Crippen molar-refractivity contribution in [3.05, 3.63) is 172 Å². The molecule has 0 radical (unpaired) electrons. The quantitative estimate of drug-likeness (QED) is 0.0842. The highest BCUT2D eigenvalue weighted by atomic mass is 35.5. The number of hydrogen-bond acceptors (Lipinski definition) is 14. The van der Waals surface area contributed by atoms with Gasteiger partial charge < -0.3 is 39.4 Å². The summed E-state index contributed by atoms with van der Waals surface area (Å²) >= 11 is 30.4. The van der Waals surface area contributed by atoms with E-state index < -0.39 is 28.4 Å². The molecule has 0 spiro atoms. The Morgan fingerprint density at radius 1 is 0.680 bits per heavy atom. The van der Waals surface area contributed by atoms with Gasteiger partial charge in [0.15, 0.2) is 5.78 Å². The van der Waals surface area contributed by atoms with Gasteiger partial charge in [0.1, 0.15) is 15.9 Å². The highest BCUT2D eigenvalue weighted by molar-refractivity contribution is 8.04. The van der Waals surface area contributed by atoms with Gasteiger partial charge in [0.25, 0.3) is 5.91 Å². The van der Waals surface area contributed by atoms with Crippen molar-refractivity contribution in [2.24, 2.45) is 5.92 Å². The van der Waals surface area contributed by atoms with Crippen LogP contribution in [0.4, 0.5) is 16.2 Å². The second-order valence-corrected chi connectivity index (χ2v) is 23.9. The van der Waals surface area contributed by atoms with Crippen LogP contribution in [0.25, 0.3) is 0 Å². The fourth-order valence-corrected chi connectivity index (χ4v) is 13.6. The molecule has 75 heavy (non-hydrogen) atoms. The fourth-order valence-electron chi connectivity index (χ4n) is 9.19. The van der Waals surface area contributed by atoms with E-state index in [1.165, 1.54) is 22.7 Å². The minimum atomic E-state index is -0.976. The van der Waals surface area contributed by atoms with Crippen molar-refractivity contribution in [2.75, 3.05) is 69.0 Å². The number of rotatable bonds is 13. The zero-order valence-corrected chi connectivity index (χ0v) is 47.1. The first-order chi connectivity index (χ1) is 36.2. The Kier molecular flexibility index (Phi) is 18.2. The molecule has 10 rings (SSSR count). The van der Waals surface area contributed by atoms with Crippen molar-refractivity contribution in [1.82, 2.24) is 10.6 Å². The number of thioether (sulfide) groups is 2. The molecule has 392 valence electrons. The van der Waals surface area contributed by atoms with Crippen molar-refractivity contribution < 1.29 is 38.1 Å². The van der Waals surface area contributed by atoms with Gasteiger partial charge in [-0.2, -0.15) is 22.7 Å². The Morgan fingerprint density at radius 2 is 1.19 bits per heavy atom. The molecule has 4 aliphatic rings. The van der Waals surface area contributed by atoms with Gasteiger partial charge in [-0.3, -0.25) is 14.4 Å². The summed E-state index contributed by atoms with van der Waals surface area (Å²) in [5.41, 5.74) is 3.83. The van der Waals surface area contributed by atoms with E-state index in [0.717, 1.165) is 83.3 Å². The zero-order chi connectivity index (χ0) is 52.7. The molecule has 6 aromatic rings. The molecule has 0 saturated carbocycles. The molecule has 3 saturated heterocycles. The molecule has 3 unspecified atom stereocenters. The number of carbonyl (C=O) groups excluding carboxylic acids is 4. The third-order valence-corrected chi connectivity index (χ3v) is 18.2. The Labute approximate surface area is 472 Å². The van der Waals surface area contributed by atoms with Crippen LogP contribution in [0.1, 0.15) is 48.9 Å². The van der Waals surface area contributed by atoms with E-state index in [1.807, 2.05) is 71.8 Å². The maximum Gasteiger partial charge on any atom is 0.513 e. The molecule has 0 aliphatic carbocycles. The molecule has 2 aromatic heterocycles. The number of amides is 2. The number of thiophene rings is 2. The SMILES string of the molecule is CC(C)COC(=O)OC1=C(Sc2cc(Cl)ccc2Cl)C(=O)NC(c2ccc(N3CCOCC3)cc2)(c2ccsc2)C1.O=C1CC(c2ccc(N3CCOCC3)cc2)(c2ccsc2)NC(=O)C1Sc1cc(Cl)ccc1Cl. The summed E-state index contributed by atoms with van der Waals surface area (Å²) in [7, 11) is 0. The third-order valence-electron chi connectivity index (χ3n) is 13.0. The lowest BCUT2D eigenvalue weighted by molar-refractivity contribution is -0.133. The Bertz CT molecular complexity index is 3010. The molecule has 2 N–H and O–H groups in total. The summed E-state index contributed by atoms with van der Waals surface area (Å²) in [4.78, 5) is 59.5. The van der Waals surface area contributed by atoms with Crippen LogP contribution in [-0.2, 0) is 44.4 Å². The number of ketones is 1. The van der Waals surface area contributed by atoms with Crippen molar-refractivity contribution in [3.63, 3.8) is 0 Å². The van der Waals surface area contributed by atoms with Crippen molar-refractivity contribution in [2.45, 2.75) is 52.8 Å². The summed E-state index contributed by atoms with van der Waals surface area (Å²) in [5.74, 6) is -0.548. The van der Waals surface area contributed by atoms with Crippen molar-refractivity contribution >= 4 is 128 Å². The number of ether oxygens (including phenoxy) is 4. The summed E-state index contributed by atoms with van der Waals surface area (Å²) in [6.07, 6.45) is -0.521. The van der Waals surface area contributed by atoms with Crippen LogP contribution in [0.5, 0.6) is 0 Å². The number of benzene rings is 4. The van der Waals surface area contributed by atoms with Crippen LogP contribution >= 0.6 is 92.6 Å². The molecule has 12 nitrogen and oxygen atoms in total. The van der Waals surface area contributed by atoms with Gasteiger partial charge >= 0.3 is 6.16 Å². The number of Topliss-reactive ketones (excluding diaryl/α,β-unsaturated/α-hetero) is 1. The monoisotopic (exact) mass is 1160 g/mol. The van der Waals surface area contributed by atoms with E-state index in [9.17, 15) is 19.2 Å². The molecular formula is C55H52Cl4N4O8S4. The van der Waals surface area contributed by atoms with Gasteiger partial charge in [-0.1, -0.05) is 96.3 Å². The average molecular weight is 1170 g/mol. The molecule has 3 fully saturated rings. The minimum absolute atomic E-state index is 0.125. The maximum absolute atomic E-state index is 13.9. The van der Waals surface area contributed by atoms with Crippen LogP contribution in [0.15, 0.2) is 139 Å². The van der Waals surface area contributed by atoms with Crippen LogP contribution in [-0.4, -0.2) is 88.2 Å². The summed E-state index contributed by atoms with van der Waals surface area (Å²) in [6, 6.07) is 30.3. The predicted molar refractivity (Wildman–Crippen MR) is 302 cm³/mol. The lowest BCUT2D eigenvalue weighted by Crippen LogP contribution is -2.57. The largest absolute Gasteiger partial charge is 0.513 e. The van der Waals surface area contributed by atoms with Gasteiger partial charge in [-0.15, -0.1) is 11.8 Å². The molecular weight excluding hydrogens is 1110 g/mol. The first kappa shape index (κ1) is 55.0. The minimum Gasteiger partial charge on any atom is -0.434 e. The third kappa shape index (κ3) is 12.8. The van der Waals surface area contributed by atoms with Gasteiger partial charge in [0.05, 0.1) is 54.2 Å². The normalized spacial score (nSPS) is 21.1. The first-order valence-corrected chi connectivity index (χ1v) is 29.2. The molecule has 2 amide bonds. The highest BCUT2D eigenvalue weighted by Gasteiger charge is 2.48. The van der Waals surface area contributed by atoms with E-state index in [4.69, 9.17) is 65.4 Å². The topological polar surface area (TPSA) is 136 Å². The summed E-state index contributed by atoms with van der Waals surface area (Å²) in [5, 5.41) is 15.3. The number of anilines is 2. The second kappa shape index (κ2) is 24.7. The van der Waals surface area contributed by atoms with E-state index in [0.29, 0.717) is 56.3 Å². The zero-order valence-electron chi connectivity index (χ0n) is 40.8. The smallest absolute Gasteiger partial charge is 0.434 e. The number of halogens is 4. The standard InChI is InChI=1S/C30H30Cl2N2O5S2.C25H22Cl2N2O3S2/c1-19(2)17-38-29(36)39-25-16-30(21-9-14-40-18-21,20-3-6-23(7-4-20)34-10-12-37-13-11-34)33-28(35)27(25)41-26-15-22(31)5-8-24(26)32;26-18-3-6-20(27)22(13-18)34-23-21(30)14-25(28-24(23)31,17-7-12-33-15-17)16-1-4-19(5-2-16)29-8-10-32-11-9-29/h3-9,14-15,18-19H,10-13,16-17H2,1-2H3,(H,33,35);1-7,12-13,15,23H,8-11,14H2,(H,28,31). The number of morpholine rings is 2. The number of nitrogens with one attached hydrogen (secondary N) is 2. The van der Waals surface area contributed by atoms with Crippen LogP contribution < -0.4 is 20.4 Å². The van der Waals surface area contributed by atoms with Crippen LogP contribution in [0.2, 0.25) is 20.1 Å². The Morgan fingerprint density at radius 3 is 1.68 bits per heavy atom. The molecule has 4 aliphatic heterocycles. The van der Waals surface area contributed by atoms with Gasteiger partial charge in [-0.05, 0) is 122 Å². The summed E-state index contributed by atoms with van der Waals surface area (Å²) < 4.78 is 22.1. The van der Waals surface area contributed by atoms with Crippen molar-refractivity contribution in [3.8, 4) is 0 Å². The molecule has 4 aromatic carbocycles. The van der Waals surface area contributed by atoms with Crippen LogP contribution in [0.3, 0.4) is 0 Å². The Balaban J connectivity index is 0.000000187. The number of hydrogen-bond donors (Lipinski definition) is 2. The van der Waals surface area contributed by atoms with Gasteiger partial charge in [0, 0.05) is 70.2 Å². The molecule has 6 heterocycles.